The molecular weight excluding hydrogens is 474 g/mol. The number of thiol groups is 1. The highest BCUT2D eigenvalue weighted by molar-refractivity contribution is 7.80. The Morgan fingerprint density at radius 2 is 1.58 bits per heavy atom. The summed E-state index contributed by atoms with van der Waals surface area (Å²) in [6, 6.07) is 5.50. The topological polar surface area (TPSA) is 87.7 Å². The van der Waals surface area contributed by atoms with Gasteiger partial charge in [-0.2, -0.15) is 12.6 Å². The van der Waals surface area contributed by atoms with E-state index in [1.807, 2.05) is 58.9 Å². The molecule has 1 aromatic carbocycles. The minimum absolute atomic E-state index is 0.0624. The van der Waals surface area contributed by atoms with Crippen LogP contribution in [0.25, 0.3) is 0 Å². The highest BCUT2D eigenvalue weighted by atomic mass is 32.1. The Hall–Kier alpha value is -2.22. The van der Waals surface area contributed by atoms with Crippen molar-refractivity contribution in [2.75, 3.05) is 5.75 Å². The molecule has 8 heteroatoms. The molecule has 1 rings (SSSR count). The van der Waals surface area contributed by atoms with E-state index >= 15 is 0 Å². The summed E-state index contributed by atoms with van der Waals surface area (Å²) in [6.45, 7) is 19.2. The van der Waals surface area contributed by atoms with Crippen molar-refractivity contribution >= 4 is 30.5 Å². The molecule has 7 nitrogen and oxygen atoms in total. The van der Waals surface area contributed by atoms with Gasteiger partial charge < -0.3 is 20.3 Å². The Kier molecular flexibility index (Phi) is 11.8. The van der Waals surface area contributed by atoms with E-state index in [4.69, 9.17) is 4.74 Å². The number of hydrogen-bond donors (Lipinski definition) is 3. The van der Waals surface area contributed by atoms with Gasteiger partial charge in [-0.3, -0.25) is 9.59 Å². The van der Waals surface area contributed by atoms with Crippen LogP contribution < -0.4 is 10.6 Å². The third-order valence-electron chi connectivity index (χ3n) is 5.57. The largest absolute Gasteiger partial charge is 0.444 e. The number of nitrogens with zero attached hydrogens (tertiary/aromatic N) is 1. The summed E-state index contributed by atoms with van der Waals surface area (Å²) in [7, 11) is 0. The molecule has 0 radical (unpaired) electrons. The van der Waals surface area contributed by atoms with Crippen molar-refractivity contribution in [3.8, 4) is 0 Å². The molecule has 0 heterocycles. The molecule has 204 valence electrons. The highest BCUT2D eigenvalue weighted by Gasteiger charge is 2.39. The van der Waals surface area contributed by atoms with Crippen molar-refractivity contribution in [2.24, 2.45) is 5.92 Å². The SMILES string of the molecule is Cc1ccccc1C(C(=O)NC(C)(C)C)N(C(=O)C(CS)NC(=O)OC(C)(C)C)C(C)CCC(C)C. The number of alkyl carbamates (subject to hydrolysis) is 1. The second kappa shape index (κ2) is 13.4. The molecular formula is C28H47N3O4S. The lowest BCUT2D eigenvalue weighted by Gasteiger charge is -2.40. The molecule has 2 N–H and O–H groups in total. The highest BCUT2D eigenvalue weighted by Crippen LogP contribution is 2.30. The molecule has 0 aliphatic heterocycles. The predicted molar refractivity (Wildman–Crippen MR) is 149 cm³/mol. The fraction of sp³-hybridized carbons (Fsp3) is 0.679. The minimum Gasteiger partial charge on any atom is -0.444 e. The molecule has 0 aliphatic rings. The Balaban J connectivity index is 3.57. The normalized spacial score (nSPS) is 14.6. The second-order valence-electron chi connectivity index (χ2n) is 11.9. The molecule has 0 aliphatic carbocycles. The summed E-state index contributed by atoms with van der Waals surface area (Å²) < 4.78 is 5.38. The van der Waals surface area contributed by atoms with Crippen LogP contribution in [0.2, 0.25) is 0 Å². The van der Waals surface area contributed by atoms with Gasteiger partial charge in [0.25, 0.3) is 0 Å². The van der Waals surface area contributed by atoms with Crippen LogP contribution in [0.15, 0.2) is 24.3 Å². The van der Waals surface area contributed by atoms with Gasteiger partial charge in [-0.15, -0.1) is 0 Å². The van der Waals surface area contributed by atoms with E-state index in [-0.39, 0.29) is 23.6 Å². The van der Waals surface area contributed by atoms with Gasteiger partial charge in [0.15, 0.2) is 0 Å². The Morgan fingerprint density at radius 3 is 2.06 bits per heavy atom. The third-order valence-corrected chi connectivity index (χ3v) is 5.94. The summed E-state index contributed by atoms with van der Waals surface area (Å²) >= 11 is 4.37. The fourth-order valence-electron chi connectivity index (χ4n) is 3.88. The number of carbonyl (C=O) groups is 3. The van der Waals surface area contributed by atoms with E-state index in [2.05, 4.69) is 37.1 Å². The van der Waals surface area contributed by atoms with E-state index < -0.39 is 29.3 Å². The smallest absolute Gasteiger partial charge is 0.408 e. The van der Waals surface area contributed by atoms with Gasteiger partial charge in [-0.05, 0) is 85.3 Å². The lowest BCUT2D eigenvalue weighted by molar-refractivity contribution is -0.145. The molecule has 3 unspecified atom stereocenters. The molecule has 1 aromatic rings. The maximum atomic E-state index is 14.1. The maximum Gasteiger partial charge on any atom is 0.408 e. The molecule has 3 amide bonds. The van der Waals surface area contributed by atoms with Crippen molar-refractivity contribution in [3.63, 3.8) is 0 Å². The number of ether oxygens (including phenoxy) is 1. The molecule has 0 fully saturated rings. The number of nitrogens with one attached hydrogen (secondary N) is 2. The van der Waals surface area contributed by atoms with E-state index in [0.29, 0.717) is 12.3 Å². The number of benzene rings is 1. The van der Waals surface area contributed by atoms with Crippen molar-refractivity contribution in [3.05, 3.63) is 35.4 Å². The molecule has 0 saturated heterocycles. The molecule has 36 heavy (non-hydrogen) atoms. The van der Waals surface area contributed by atoms with Crippen LogP contribution in [-0.4, -0.2) is 51.8 Å². The van der Waals surface area contributed by atoms with E-state index in [1.54, 1.807) is 25.7 Å². The zero-order chi connectivity index (χ0) is 27.8. The van der Waals surface area contributed by atoms with Crippen LogP contribution in [0.5, 0.6) is 0 Å². The van der Waals surface area contributed by atoms with Crippen LogP contribution in [0, 0.1) is 12.8 Å². The van der Waals surface area contributed by atoms with E-state index in [1.165, 1.54) is 0 Å². The zero-order valence-electron chi connectivity index (χ0n) is 23.8. The first-order valence-corrected chi connectivity index (χ1v) is 13.4. The third kappa shape index (κ3) is 10.4. The van der Waals surface area contributed by atoms with Crippen LogP contribution in [-0.2, 0) is 14.3 Å². The lowest BCUT2D eigenvalue weighted by Crippen LogP contribution is -2.57. The zero-order valence-corrected chi connectivity index (χ0v) is 24.7. The van der Waals surface area contributed by atoms with Gasteiger partial charge >= 0.3 is 6.09 Å². The van der Waals surface area contributed by atoms with Gasteiger partial charge in [0.2, 0.25) is 11.8 Å². The lowest BCUT2D eigenvalue weighted by atomic mass is 9.94. The standard InChI is InChI=1S/C28H47N3O4S/c1-18(2)15-16-20(4)31(25(33)22(17-36)29-26(34)35-28(8,9)10)23(24(32)30-27(5,6)7)21-14-12-11-13-19(21)3/h11-14,18,20,22-23,36H,15-17H2,1-10H3,(H,29,34)(H,30,32). The van der Waals surface area contributed by atoms with Crippen molar-refractivity contribution in [1.29, 1.82) is 0 Å². The van der Waals surface area contributed by atoms with Crippen molar-refractivity contribution < 1.29 is 19.1 Å². The van der Waals surface area contributed by atoms with Gasteiger partial charge in [-0.1, -0.05) is 38.1 Å². The number of aryl methyl sites for hydroxylation is 1. The van der Waals surface area contributed by atoms with Crippen molar-refractivity contribution in [1.82, 2.24) is 15.5 Å². The van der Waals surface area contributed by atoms with Crippen molar-refractivity contribution in [2.45, 2.75) is 111 Å². The second-order valence-corrected chi connectivity index (χ2v) is 12.3. The molecule has 0 bridgehead atoms. The van der Waals surface area contributed by atoms with Gasteiger partial charge in [0, 0.05) is 17.3 Å². The number of hydrogen-bond acceptors (Lipinski definition) is 5. The van der Waals surface area contributed by atoms with Gasteiger partial charge in [0.05, 0.1) is 0 Å². The maximum absolute atomic E-state index is 14.1. The molecule has 3 atom stereocenters. The van der Waals surface area contributed by atoms with Gasteiger partial charge in [0.1, 0.15) is 17.7 Å². The first kappa shape index (κ1) is 31.8. The predicted octanol–water partition coefficient (Wildman–Crippen LogP) is 5.43. The van der Waals surface area contributed by atoms with Gasteiger partial charge in [-0.25, -0.2) is 4.79 Å². The van der Waals surface area contributed by atoms with Crippen LogP contribution in [0.3, 0.4) is 0 Å². The monoisotopic (exact) mass is 521 g/mol. The van der Waals surface area contributed by atoms with E-state index in [0.717, 1.165) is 17.5 Å². The first-order valence-electron chi connectivity index (χ1n) is 12.8. The average Bonchev–Trinajstić information content (AvgIpc) is 2.71. The summed E-state index contributed by atoms with van der Waals surface area (Å²) in [5.41, 5.74) is 0.447. The van der Waals surface area contributed by atoms with Crippen LogP contribution in [0.4, 0.5) is 4.79 Å². The average molecular weight is 522 g/mol. The number of carbonyl (C=O) groups excluding carboxylic acids is 3. The summed E-state index contributed by atoms with van der Waals surface area (Å²) in [5.74, 6) is -0.140. The van der Waals surface area contributed by atoms with Crippen LogP contribution in [0.1, 0.15) is 92.3 Å². The Morgan fingerprint density at radius 1 is 1.00 bits per heavy atom. The van der Waals surface area contributed by atoms with Crippen LogP contribution >= 0.6 is 12.6 Å². The minimum atomic E-state index is -0.960. The Bertz CT molecular complexity index is 890. The fourth-order valence-corrected chi connectivity index (χ4v) is 4.12. The number of rotatable bonds is 10. The number of amides is 3. The first-order chi connectivity index (χ1) is 16.5. The quantitative estimate of drug-likeness (QED) is 0.359. The van der Waals surface area contributed by atoms with E-state index in [9.17, 15) is 14.4 Å². The molecule has 0 saturated carbocycles. The molecule has 0 aromatic heterocycles. The Labute approximate surface area is 223 Å². The summed E-state index contributed by atoms with van der Waals surface area (Å²) in [6.07, 6.45) is 0.897. The molecule has 0 spiro atoms. The summed E-state index contributed by atoms with van der Waals surface area (Å²) in [5, 5.41) is 5.74. The summed E-state index contributed by atoms with van der Waals surface area (Å²) in [4.78, 5) is 42.0.